The molecule has 102 valence electrons. The van der Waals surface area contributed by atoms with Gasteiger partial charge in [-0.25, -0.2) is 0 Å². The van der Waals surface area contributed by atoms with Crippen LogP contribution in [0, 0.1) is 5.92 Å². The van der Waals surface area contributed by atoms with Crippen LogP contribution in [0.3, 0.4) is 0 Å². The minimum Gasteiger partial charge on any atom is -0.351 e. The first kappa shape index (κ1) is 15.8. The third kappa shape index (κ3) is 4.43. The van der Waals surface area contributed by atoms with Crippen LogP contribution < -0.4 is 11.1 Å². The highest BCUT2D eigenvalue weighted by atomic mass is 35.5. The second-order valence-electron chi connectivity index (χ2n) is 4.54. The lowest BCUT2D eigenvalue weighted by molar-refractivity contribution is -0.122. The van der Waals surface area contributed by atoms with E-state index in [0.29, 0.717) is 18.9 Å². The first-order valence-electron chi connectivity index (χ1n) is 5.91. The third-order valence-electron chi connectivity index (χ3n) is 3.25. The van der Waals surface area contributed by atoms with Crippen molar-refractivity contribution in [2.45, 2.75) is 38.3 Å². The van der Waals surface area contributed by atoms with Gasteiger partial charge in [-0.2, -0.15) is 0 Å². The summed E-state index contributed by atoms with van der Waals surface area (Å²) >= 11 is 7.32. The summed E-state index contributed by atoms with van der Waals surface area (Å²) in [5.41, 5.74) is 5.94. The average molecular weight is 309 g/mol. The van der Waals surface area contributed by atoms with Crippen molar-refractivity contribution in [2.75, 3.05) is 0 Å². The molecule has 3 N–H and O–H groups in total. The Hall–Kier alpha value is -0.290. The Kier molecular flexibility index (Phi) is 6.43. The Bertz CT molecular complexity index is 397. The summed E-state index contributed by atoms with van der Waals surface area (Å²) in [6.45, 7) is 0.568. The highest BCUT2D eigenvalue weighted by molar-refractivity contribution is 7.16. The summed E-state index contributed by atoms with van der Waals surface area (Å²) in [5, 5.41) is 2.92. The Morgan fingerprint density at radius 1 is 1.50 bits per heavy atom. The monoisotopic (exact) mass is 308 g/mol. The van der Waals surface area contributed by atoms with E-state index in [0.717, 1.165) is 28.5 Å². The molecular formula is C12H18Cl2N2OS. The zero-order valence-electron chi connectivity index (χ0n) is 10.0. The van der Waals surface area contributed by atoms with Crippen molar-refractivity contribution in [3.05, 3.63) is 21.3 Å². The molecule has 2 atom stereocenters. The standard InChI is InChI=1S/C12H17ClN2OS.ClH/c13-11-5-4-9(17-11)7-15-12(16)6-8-2-1-3-10(8)14;/h4-5,8,10H,1-3,6-7,14H2,(H,15,16);1H/t8-,10+;/m0./s1. The lowest BCUT2D eigenvalue weighted by Crippen LogP contribution is -2.31. The number of carbonyl (C=O) groups is 1. The van der Waals surface area contributed by atoms with Gasteiger partial charge in [0.15, 0.2) is 0 Å². The highest BCUT2D eigenvalue weighted by Crippen LogP contribution is 2.26. The van der Waals surface area contributed by atoms with Gasteiger partial charge in [0, 0.05) is 17.3 Å². The maximum Gasteiger partial charge on any atom is 0.220 e. The van der Waals surface area contributed by atoms with Crippen LogP contribution in [-0.2, 0) is 11.3 Å². The highest BCUT2D eigenvalue weighted by Gasteiger charge is 2.25. The van der Waals surface area contributed by atoms with E-state index in [-0.39, 0.29) is 24.4 Å². The molecule has 18 heavy (non-hydrogen) atoms. The second kappa shape index (κ2) is 7.34. The molecule has 0 radical (unpaired) electrons. The summed E-state index contributed by atoms with van der Waals surface area (Å²) in [6, 6.07) is 3.99. The summed E-state index contributed by atoms with van der Waals surface area (Å²) in [6.07, 6.45) is 3.85. The first-order valence-corrected chi connectivity index (χ1v) is 7.11. The quantitative estimate of drug-likeness (QED) is 0.898. The second-order valence-corrected chi connectivity index (χ2v) is 6.34. The van der Waals surface area contributed by atoms with Crippen molar-refractivity contribution in [2.24, 2.45) is 11.7 Å². The Morgan fingerprint density at radius 2 is 2.28 bits per heavy atom. The number of hydrogen-bond donors (Lipinski definition) is 2. The smallest absolute Gasteiger partial charge is 0.220 e. The molecule has 3 nitrogen and oxygen atoms in total. The van der Waals surface area contributed by atoms with Crippen LogP contribution in [0.15, 0.2) is 12.1 Å². The molecule has 2 rings (SSSR count). The zero-order chi connectivity index (χ0) is 12.3. The van der Waals surface area contributed by atoms with Gasteiger partial charge < -0.3 is 11.1 Å². The fourth-order valence-corrected chi connectivity index (χ4v) is 3.29. The van der Waals surface area contributed by atoms with Gasteiger partial charge in [0.25, 0.3) is 0 Å². The van der Waals surface area contributed by atoms with Gasteiger partial charge in [-0.15, -0.1) is 23.7 Å². The molecule has 0 spiro atoms. The van der Waals surface area contributed by atoms with Crippen LogP contribution in [0.25, 0.3) is 0 Å². The van der Waals surface area contributed by atoms with Gasteiger partial charge in [-0.05, 0) is 30.9 Å². The number of hydrogen-bond acceptors (Lipinski definition) is 3. The van der Waals surface area contributed by atoms with E-state index in [4.69, 9.17) is 17.3 Å². The van der Waals surface area contributed by atoms with Gasteiger partial charge in [-0.1, -0.05) is 18.0 Å². The van der Waals surface area contributed by atoms with Gasteiger partial charge in [0.05, 0.1) is 10.9 Å². The number of halogens is 2. The molecule has 1 aliphatic rings. The van der Waals surface area contributed by atoms with E-state index in [1.165, 1.54) is 11.3 Å². The fourth-order valence-electron chi connectivity index (χ4n) is 2.26. The van der Waals surface area contributed by atoms with Gasteiger partial charge in [0.1, 0.15) is 0 Å². The Morgan fingerprint density at radius 3 is 2.83 bits per heavy atom. The van der Waals surface area contributed by atoms with Crippen molar-refractivity contribution in [3.63, 3.8) is 0 Å². The number of nitrogens with one attached hydrogen (secondary N) is 1. The number of thiophene rings is 1. The Labute approximate surface area is 122 Å². The largest absolute Gasteiger partial charge is 0.351 e. The minimum atomic E-state index is 0. The molecule has 1 aliphatic carbocycles. The van der Waals surface area contributed by atoms with Crippen molar-refractivity contribution < 1.29 is 4.79 Å². The normalized spacial score (nSPS) is 22.6. The van der Waals surface area contributed by atoms with E-state index in [1.54, 1.807) is 0 Å². The Balaban J connectivity index is 0.00000162. The topological polar surface area (TPSA) is 55.1 Å². The van der Waals surface area contributed by atoms with E-state index >= 15 is 0 Å². The number of carbonyl (C=O) groups excluding carboxylic acids is 1. The molecule has 0 aliphatic heterocycles. The number of amides is 1. The average Bonchev–Trinajstić information content (AvgIpc) is 2.86. The van der Waals surface area contributed by atoms with Crippen LogP contribution in [0.2, 0.25) is 4.34 Å². The fraction of sp³-hybridized carbons (Fsp3) is 0.583. The predicted molar refractivity (Wildman–Crippen MR) is 78.4 cm³/mol. The molecule has 0 unspecified atom stereocenters. The minimum absolute atomic E-state index is 0. The maximum absolute atomic E-state index is 11.7. The SMILES string of the molecule is Cl.N[C@@H]1CCC[C@H]1CC(=O)NCc1ccc(Cl)s1. The lowest BCUT2D eigenvalue weighted by atomic mass is 10.00. The third-order valence-corrected chi connectivity index (χ3v) is 4.49. The molecule has 1 saturated carbocycles. The lowest BCUT2D eigenvalue weighted by Gasteiger charge is -2.14. The van der Waals surface area contributed by atoms with Crippen LogP contribution >= 0.6 is 35.3 Å². The summed E-state index contributed by atoms with van der Waals surface area (Å²) in [7, 11) is 0. The molecule has 0 saturated heterocycles. The molecule has 1 fully saturated rings. The molecule has 0 aromatic carbocycles. The molecule has 0 bridgehead atoms. The number of nitrogens with two attached hydrogens (primary N) is 1. The summed E-state index contributed by atoms with van der Waals surface area (Å²) in [4.78, 5) is 12.8. The molecule has 1 heterocycles. The molecule has 1 amide bonds. The van der Waals surface area contributed by atoms with E-state index < -0.39 is 0 Å². The molecule has 6 heteroatoms. The van der Waals surface area contributed by atoms with Gasteiger partial charge in [0.2, 0.25) is 5.91 Å². The van der Waals surface area contributed by atoms with Crippen molar-refractivity contribution in [3.8, 4) is 0 Å². The van der Waals surface area contributed by atoms with E-state index in [2.05, 4.69) is 5.32 Å². The van der Waals surface area contributed by atoms with Crippen molar-refractivity contribution in [1.82, 2.24) is 5.32 Å². The summed E-state index contributed by atoms with van der Waals surface area (Å²) in [5.74, 6) is 0.457. The van der Waals surface area contributed by atoms with Gasteiger partial charge >= 0.3 is 0 Å². The van der Waals surface area contributed by atoms with Crippen LogP contribution in [0.1, 0.15) is 30.6 Å². The van der Waals surface area contributed by atoms with E-state index in [9.17, 15) is 4.79 Å². The molecule has 1 aromatic rings. The first-order chi connectivity index (χ1) is 8.15. The summed E-state index contributed by atoms with van der Waals surface area (Å²) < 4.78 is 0.757. The van der Waals surface area contributed by atoms with Crippen LogP contribution in [0.4, 0.5) is 0 Å². The van der Waals surface area contributed by atoms with Crippen molar-refractivity contribution >= 4 is 41.3 Å². The van der Waals surface area contributed by atoms with Crippen LogP contribution in [-0.4, -0.2) is 11.9 Å². The molecular weight excluding hydrogens is 291 g/mol. The molecule has 1 aromatic heterocycles. The zero-order valence-corrected chi connectivity index (χ0v) is 12.4. The van der Waals surface area contributed by atoms with E-state index in [1.807, 2.05) is 12.1 Å². The maximum atomic E-state index is 11.7. The predicted octanol–water partition coefficient (Wildman–Crippen LogP) is 2.96. The van der Waals surface area contributed by atoms with Crippen LogP contribution in [0.5, 0.6) is 0 Å². The van der Waals surface area contributed by atoms with Crippen molar-refractivity contribution in [1.29, 1.82) is 0 Å². The number of rotatable bonds is 4. The van der Waals surface area contributed by atoms with Gasteiger partial charge in [-0.3, -0.25) is 4.79 Å².